The number of nitrogens with two attached hydrogens (primary N) is 1. The molecular formula is C13H23N5O2S. The molecule has 21 heavy (non-hydrogen) atoms. The van der Waals surface area contributed by atoms with E-state index in [-0.39, 0.29) is 16.9 Å². The average Bonchev–Trinajstić information content (AvgIpc) is 2.61. The van der Waals surface area contributed by atoms with Crippen LogP contribution in [-0.4, -0.2) is 35.4 Å². The number of nitrogen functional groups attached to an aromatic ring is 1. The highest BCUT2D eigenvalue weighted by atomic mass is 32.2. The van der Waals surface area contributed by atoms with E-state index in [2.05, 4.69) is 20.7 Å². The van der Waals surface area contributed by atoms with Gasteiger partial charge in [0.2, 0.25) is 0 Å². The Hall–Kier alpha value is -1.41. The second-order valence-electron chi connectivity index (χ2n) is 6.88. The summed E-state index contributed by atoms with van der Waals surface area (Å²) in [5, 5.41) is 3.23. The van der Waals surface area contributed by atoms with E-state index in [1.165, 1.54) is 0 Å². The van der Waals surface area contributed by atoms with Crippen molar-refractivity contribution in [3.63, 3.8) is 0 Å². The molecule has 8 heteroatoms. The summed E-state index contributed by atoms with van der Waals surface area (Å²) < 4.78 is 23.4. The van der Waals surface area contributed by atoms with E-state index in [1.54, 1.807) is 6.07 Å². The van der Waals surface area contributed by atoms with Crippen molar-refractivity contribution in [2.45, 2.75) is 45.1 Å². The van der Waals surface area contributed by atoms with Gasteiger partial charge in [-0.25, -0.2) is 24.2 Å². The highest BCUT2D eigenvalue weighted by Crippen LogP contribution is 2.28. The minimum Gasteiger partial charge on any atom is -0.364 e. The number of aromatic nitrogens is 2. The van der Waals surface area contributed by atoms with Gasteiger partial charge in [0.25, 0.3) is 0 Å². The number of nitrogens with one attached hydrogen (secondary N) is 2. The van der Waals surface area contributed by atoms with Crippen molar-refractivity contribution in [2.75, 3.05) is 22.2 Å². The fourth-order valence-corrected chi connectivity index (χ4v) is 4.43. The molecule has 1 atom stereocenters. The Labute approximate surface area is 125 Å². The number of anilines is 2. The van der Waals surface area contributed by atoms with Crippen molar-refractivity contribution in [3.8, 4) is 0 Å². The predicted octanol–water partition coefficient (Wildman–Crippen LogP) is 1.05. The third-order valence-electron chi connectivity index (χ3n) is 3.48. The summed E-state index contributed by atoms with van der Waals surface area (Å²) in [5.74, 6) is 7.50. The SMILES string of the molecule is CC1(Nc2cc(NN)nc(C(C)(C)C)n2)CCS(=O)(=O)C1. The number of hydrogen-bond acceptors (Lipinski definition) is 7. The van der Waals surface area contributed by atoms with E-state index >= 15 is 0 Å². The zero-order valence-electron chi connectivity index (χ0n) is 12.9. The molecule has 1 unspecified atom stereocenters. The zero-order valence-corrected chi connectivity index (χ0v) is 13.7. The molecule has 0 spiro atoms. The second kappa shape index (κ2) is 5.10. The molecule has 2 heterocycles. The number of nitrogens with zero attached hydrogens (tertiary/aromatic N) is 2. The van der Waals surface area contributed by atoms with E-state index in [9.17, 15) is 8.42 Å². The molecule has 1 aromatic heterocycles. The number of hydrazine groups is 1. The quantitative estimate of drug-likeness (QED) is 0.565. The van der Waals surface area contributed by atoms with Gasteiger partial charge in [-0.15, -0.1) is 0 Å². The Balaban J connectivity index is 2.32. The molecule has 0 radical (unpaired) electrons. The molecule has 0 aromatic carbocycles. The van der Waals surface area contributed by atoms with Crippen LogP contribution in [0.15, 0.2) is 6.07 Å². The maximum Gasteiger partial charge on any atom is 0.152 e. The summed E-state index contributed by atoms with van der Waals surface area (Å²) in [5.41, 5.74) is 1.79. The number of hydrogen-bond donors (Lipinski definition) is 3. The Kier molecular flexibility index (Phi) is 3.88. The lowest BCUT2D eigenvalue weighted by atomic mass is 9.95. The summed E-state index contributed by atoms with van der Waals surface area (Å²) in [6, 6.07) is 1.69. The fourth-order valence-electron chi connectivity index (χ4n) is 2.34. The van der Waals surface area contributed by atoms with Gasteiger partial charge >= 0.3 is 0 Å². The molecule has 0 aliphatic carbocycles. The second-order valence-corrected chi connectivity index (χ2v) is 9.07. The lowest BCUT2D eigenvalue weighted by molar-refractivity contribution is 0.540. The molecule has 0 saturated carbocycles. The fraction of sp³-hybridized carbons (Fsp3) is 0.692. The Morgan fingerprint density at radius 3 is 2.38 bits per heavy atom. The largest absolute Gasteiger partial charge is 0.364 e. The van der Waals surface area contributed by atoms with E-state index in [0.717, 1.165) is 0 Å². The third kappa shape index (κ3) is 3.82. The number of rotatable bonds is 3. The highest BCUT2D eigenvalue weighted by Gasteiger charge is 2.38. The van der Waals surface area contributed by atoms with Gasteiger partial charge in [-0.1, -0.05) is 20.8 Å². The molecular weight excluding hydrogens is 290 g/mol. The average molecular weight is 313 g/mol. The molecule has 0 bridgehead atoms. The van der Waals surface area contributed by atoms with Gasteiger partial charge in [0.05, 0.1) is 17.0 Å². The molecule has 4 N–H and O–H groups in total. The third-order valence-corrected chi connectivity index (χ3v) is 5.38. The summed E-state index contributed by atoms with van der Waals surface area (Å²) >= 11 is 0. The first kappa shape index (κ1) is 16.0. The van der Waals surface area contributed by atoms with Gasteiger partial charge in [-0.05, 0) is 13.3 Å². The topological polar surface area (TPSA) is 110 Å². The van der Waals surface area contributed by atoms with Crippen molar-refractivity contribution >= 4 is 21.5 Å². The molecule has 1 aliphatic rings. The lowest BCUT2D eigenvalue weighted by Gasteiger charge is -2.26. The molecule has 118 valence electrons. The van der Waals surface area contributed by atoms with Crippen LogP contribution in [0.3, 0.4) is 0 Å². The van der Waals surface area contributed by atoms with Gasteiger partial charge in [0.1, 0.15) is 17.5 Å². The van der Waals surface area contributed by atoms with Gasteiger partial charge < -0.3 is 10.7 Å². The van der Waals surface area contributed by atoms with Gasteiger partial charge in [0.15, 0.2) is 9.84 Å². The molecule has 1 aliphatic heterocycles. The van der Waals surface area contributed by atoms with Crippen LogP contribution in [0.1, 0.15) is 39.9 Å². The van der Waals surface area contributed by atoms with Crippen molar-refractivity contribution in [1.29, 1.82) is 0 Å². The van der Waals surface area contributed by atoms with Crippen LogP contribution in [0.5, 0.6) is 0 Å². The molecule has 1 aromatic rings. The summed E-state index contributed by atoms with van der Waals surface area (Å²) in [6.45, 7) is 7.92. The predicted molar refractivity (Wildman–Crippen MR) is 83.8 cm³/mol. The van der Waals surface area contributed by atoms with Crippen LogP contribution in [0, 0.1) is 0 Å². The van der Waals surface area contributed by atoms with Crippen molar-refractivity contribution in [2.24, 2.45) is 5.84 Å². The molecule has 2 rings (SSSR count). The van der Waals surface area contributed by atoms with Gasteiger partial charge in [-0.3, -0.25) is 0 Å². The monoisotopic (exact) mass is 313 g/mol. The Morgan fingerprint density at radius 2 is 1.90 bits per heavy atom. The first-order chi connectivity index (χ1) is 9.53. The van der Waals surface area contributed by atoms with E-state index in [0.29, 0.717) is 23.9 Å². The van der Waals surface area contributed by atoms with Crippen LogP contribution in [-0.2, 0) is 15.3 Å². The molecule has 0 amide bonds. The maximum atomic E-state index is 11.7. The van der Waals surface area contributed by atoms with Crippen LogP contribution in [0.25, 0.3) is 0 Å². The van der Waals surface area contributed by atoms with E-state index in [4.69, 9.17) is 5.84 Å². The van der Waals surface area contributed by atoms with Gasteiger partial charge in [0, 0.05) is 11.5 Å². The van der Waals surface area contributed by atoms with Crippen LogP contribution < -0.4 is 16.6 Å². The van der Waals surface area contributed by atoms with Crippen LogP contribution in [0.2, 0.25) is 0 Å². The van der Waals surface area contributed by atoms with E-state index in [1.807, 2.05) is 27.7 Å². The summed E-state index contributed by atoms with van der Waals surface area (Å²) in [4.78, 5) is 8.84. The van der Waals surface area contributed by atoms with Crippen molar-refractivity contribution < 1.29 is 8.42 Å². The molecule has 1 saturated heterocycles. The van der Waals surface area contributed by atoms with Crippen LogP contribution >= 0.6 is 0 Å². The minimum atomic E-state index is -2.97. The van der Waals surface area contributed by atoms with Crippen LogP contribution in [0.4, 0.5) is 11.6 Å². The van der Waals surface area contributed by atoms with Gasteiger partial charge in [-0.2, -0.15) is 0 Å². The first-order valence-corrected chi connectivity index (χ1v) is 8.70. The minimum absolute atomic E-state index is 0.111. The Bertz CT molecular complexity index is 638. The number of sulfone groups is 1. The normalized spacial score (nSPS) is 24.8. The summed E-state index contributed by atoms with van der Waals surface area (Å²) in [7, 11) is -2.97. The zero-order chi connectivity index (χ0) is 15.9. The maximum absolute atomic E-state index is 11.7. The lowest BCUT2D eigenvalue weighted by Crippen LogP contribution is -2.36. The van der Waals surface area contributed by atoms with Crippen molar-refractivity contribution in [3.05, 3.63) is 11.9 Å². The highest BCUT2D eigenvalue weighted by molar-refractivity contribution is 7.91. The molecule has 1 fully saturated rings. The van der Waals surface area contributed by atoms with E-state index < -0.39 is 15.4 Å². The Morgan fingerprint density at radius 1 is 1.29 bits per heavy atom. The first-order valence-electron chi connectivity index (χ1n) is 6.88. The molecule has 7 nitrogen and oxygen atoms in total. The van der Waals surface area contributed by atoms with Crippen molar-refractivity contribution in [1.82, 2.24) is 9.97 Å². The smallest absolute Gasteiger partial charge is 0.152 e. The summed E-state index contributed by atoms with van der Waals surface area (Å²) in [6.07, 6.45) is 0.565. The standard InChI is InChI=1S/C13H23N5O2S/c1-12(2,3)11-15-9(7-10(16-11)18-14)17-13(4)5-6-21(19,20)8-13/h7H,5-6,8,14H2,1-4H3,(H2,15,16,17,18).